The second kappa shape index (κ2) is 5.07. The highest BCUT2D eigenvalue weighted by molar-refractivity contribution is 6.26. The quantitative estimate of drug-likeness (QED) is 0.460. The number of nitriles is 1. The van der Waals surface area contributed by atoms with E-state index in [0.29, 0.717) is 6.42 Å². The number of ether oxygens (including phenoxy) is 1. The Morgan fingerprint density at radius 1 is 1.90 bits per heavy atom. The van der Waals surface area contributed by atoms with Gasteiger partial charge < -0.3 is 4.74 Å². The number of carbonyl (C=O) groups excluding carboxylic acids is 1. The van der Waals surface area contributed by atoms with E-state index in [1.807, 2.05) is 6.07 Å². The molecule has 3 nitrogen and oxygen atoms in total. The summed E-state index contributed by atoms with van der Waals surface area (Å²) in [4.78, 5) is 10.4. The summed E-state index contributed by atoms with van der Waals surface area (Å²) in [7, 11) is 0. The minimum atomic E-state index is -0.647. The van der Waals surface area contributed by atoms with E-state index in [2.05, 4.69) is 4.74 Å². The first-order valence-electron chi connectivity index (χ1n) is 2.89. The molecule has 0 radical (unpaired) electrons. The Labute approximate surface area is 64.5 Å². The molecule has 10 heavy (non-hydrogen) atoms. The molecule has 0 bridgehead atoms. The molecule has 56 valence electrons. The smallest absolute Gasteiger partial charge is 0.322 e. The standard InChI is InChI=1S/C6H8ClNO2/c1-2-5(4-8)10-6(9)3-7/h5H,2-3H2,1H3. The van der Waals surface area contributed by atoms with Crippen molar-refractivity contribution >= 4 is 17.6 Å². The molecule has 0 fully saturated rings. The van der Waals surface area contributed by atoms with Crippen LogP contribution in [0.1, 0.15) is 13.3 Å². The number of halogens is 1. The first-order valence-corrected chi connectivity index (χ1v) is 3.43. The summed E-state index contributed by atoms with van der Waals surface area (Å²) in [5.41, 5.74) is 0. The van der Waals surface area contributed by atoms with E-state index >= 15 is 0 Å². The van der Waals surface area contributed by atoms with Crippen molar-refractivity contribution in [3.63, 3.8) is 0 Å². The van der Waals surface area contributed by atoms with E-state index in [0.717, 1.165) is 0 Å². The van der Waals surface area contributed by atoms with Crippen LogP contribution < -0.4 is 0 Å². The highest BCUT2D eigenvalue weighted by Crippen LogP contribution is 1.96. The lowest BCUT2D eigenvalue weighted by Gasteiger charge is -2.05. The van der Waals surface area contributed by atoms with E-state index in [4.69, 9.17) is 16.9 Å². The molecule has 1 unspecified atom stereocenters. The molecule has 0 amide bonds. The largest absolute Gasteiger partial charge is 0.446 e. The van der Waals surface area contributed by atoms with Gasteiger partial charge in [-0.25, -0.2) is 0 Å². The Balaban J connectivity index is 3.66. The van der Waals surface area contributed by atoms with E-state index in [9.17, 15) is 4.79 Å². The average molecular weight is 162 g/mol. The molecule has 0 rings (SSSR count). The second-order valence-corrected chi connectivity index (χ2v) is 1.92. The third kappa shape index (κ3) is 3.31. The minimum absolute atomic E-state index is 0.196. The lowest BCUT2D eigenvalue weighted by atomic mass is 10.3. The van der Waals surface area contributed by atoms with Crippen LogP contribution in [0.5, 0.6) is 0 Å². The number of esters is 1. The third-order valence-electron chi connectivity index (χ3n) is 0.898. The highest BCUT2D eigenvalue weighted by Gasteiger charge is 2.08. The predicted molar refractivity (Wildman–Crippen MR) is 36.5 cm³/mol. The van der Waals surface area contributed by atoms with Gasteiger partial charge in [-0.05, 0) is 6.42 Å². The van der Waals surface area contributed by atoms with Crippen molar-refractivity contribution in [1.29, 1.82) is 5.26 Å². The van der Waals surface area contributed by atoms with Gasteiger partial charge in [0.2, 0.25) is 0 Å². The van der Waals surface area contributed by atoms with Gasteiger partial charge in [-0.1, -0.05) is 6.92 Å². The van der Waals surface area contributed by atoms with Gasteiger partial charge in [0.25, 0.3) is 0 Å². The molecular weight excluding hydrogens is 154 g/mol. The summed E-state index contributed by atoms with van der Waals surface area (Å²) in [6, 6.07) is 1.82. The maximum atomic E-state index is 10.4. The van der Waals surface area contributed by atoms with Crippen LogP contribution in [-0.4, -0.2) is 18.0 Å². The zero-order valence-corrected chi connectivity index (χ0v) is 6.39. The van der Waals surface area contributed by atoms with Gasteiger partial charge in [0.15, 0.2) is 6.10 Å². The average Bonchev–Trinajstić information content (AvgIpc) is 1.99. The number of nitrogens with zero attached hydrogens (tertiary/aromatic N) is 1. The molecule has 0 aromatic carbocycles. The number of carbonyl (C=O) groups is 1. The van der Waals surface area contributed by atoms with Gasteiger partial charge in [-0.3, -0.25) is 4.79 Å². The van der Waals surface area contributed by atoms with Crippen LogP contribution >= 0.6 is 11.6 Å². The maximum Gasteiger partial charge on any atom is 0.322 e. The normalized spacial score (nSPS) is 11.7. The van der Waals surface area contributed by atoms with Crippen molar-refractivity contribution < 1.29 is 9.53 Å². The van der Waals surface area contributed by atoms with Crippen LogP contribution in [0.3, 0.4) is 0 Å². The molecule has 4 heteroatoms. The van der Waals surface area contributed by atoms with Crippen molar-refractivity contribution in [2.75, 3.05) is 5.88 Å². The fourth-order valence-corrected chi connectivity index (χ4v) is 0.454. The molecule has 0 aliphatic carbocycles. The summed E-state index contributed by atoms with van der Waals surface area (Å²) in [5.74, 6) is -0.742. The number of alkyl halides is 1. The van der Waals surface area contributed by atoms with Gasteiger partial charge in [0.05, 0.1) is 0 Å². The molecular formula is C6H8ClNO2. The molecule has 0 spiro atoms. The summed E-state index contributed by atoms with van der Waals surface area (Å²) >= 11 is 5.13. The Kier molecular flexibility index (Phi) is 4.69. The monoisotopic (exact) mass is 161 g/mol. The fraction of sp³-hybridized carbons (Fsp3) is 0.667. The zero-order chi connectivity index (χ0) is 7.98. The molecule has 0 saturated carbocycles. The topological polar surface area (TPSA) is 50.1 Å². The van der Waals surface area contributed by atoms with Crippen LogP contribution in [0.25, 0.3) is 0 Å². The van der Waals surface area contributed by atoms with Gasteiger partial charge in [0, 0.05) is 0 Å². The van der Waals surface area contributed by atoms with Crippen LogP contribution in [0.2, 0.25) is 0 Å². The summed E-state index contributed by atoms with van der Waals surface area (Å²) in [6.07, 6.45) is -0.148. The molecule has 0 aromatic rings. The van der Waals surface area contributed by atoms with Gasteiger partial charge in [-0.2, -0.15) is 5.26 Å². The Bertz CT molecular complexity index is 152. The Morgan fingerprint density at radius 3 is 2.80 bits per heavy atom. The predicted octanol–water partition coefficient (Wildman–Crippen LogP) is 1.07. The Hall–Kier alpha value is -0.750. The van der Waals surface area contributed by atoms with Gasteiger partial charge in [0.1, 0.15) is 11.9 Å². The second-order valence-electron chi connectivity index (χ2n) is 1.65. The van der Waals surface area contributed by atoms with Crippen molar-refractivity contribution in [2.24, 2.45) is 0 Å². The lowest BCUT2D eigenvalue weighted by molar-refractivity contribution is -0.143. The number of rotatable bonds is 3. The maximum absolute atomic E-state index is 10.4. The number of hydrogen-bond donors (Lipinski definition) is 0. The SMILES string of the molecule is CCC(C#N)OC(=O)CCl. The lowest BCUT2D eigenvalue weighted by Crippen LogP contribution is -2.16. The van der Waals surface area contributed by atoms with Crippen molar-refractivity contribution in [2.45, 2.75) is 19.4 Å². The fourth-order valence-electron chi connectivity index (χ4n) is 0.391. The molecule has 0 aliphatic rings. The van der Waals surface area contributed by atoms with Crippen LogP contribution in [0, 0.1) is 11.3 Å². The molecule has 0 saturated heterocycles. The first kappa shape index (κ1) is 9.25. The molecule has 0 heterocycles. The summed E-state index contributed by atoms with van der Waals surface area (Å²) < 4.78 is 4.57. The summed E-state index contributed by atoms with van der Waals surface area (Å²) in [5, 5.41) is 8.30. The van der Waals surface area contributed by atoms with E-state index in [1.54, 1.807) is 6.92 Å². The number of hydrogen-bond acceptors (Lipinski definition) is 3. The summed E-state index contributed by atoms with van der Waals surface area (Å²) in [6.45, 7) is 1.76. The van der Waals surface area contributed by atoms with E-state index < -0.39 is 12.1 Å². The highest BCUT2D eigenvalue weighted by atomic mass is 35.5. The van der Waals surface area contributed by atoms with Crippen molar-refractivity contribution in [3.8, 4) is 6.07 Å². The first-order chi connectivity index (χ1) is 4.74. The van der Waals surface area contributed by atoms with Gasteiger partial charge >= 0.3 is 5.97 Å². The van der Waals surface area contributed by atoms with Crippen molar-refractivity contribution in [3.05, 3.63) is 0 Å². The zero-order valence-electron chi connectivity index (χ0n) is 5.63. The van der Waals surface area contributed by atoms with Crippen LogP contribution in [0.4, 0.5) is 0 Å². The third-order valence-corrected chi connectivity index (χ3v) is 1.12. The van der Waals surface area contributed by atoms with E-state index in [-0.39, 0.29) is 5.88 Å². The Morgan fingerprint density at radius 2 is 2.50 bits per heavy atom. The van der Waals surface area contributed by atoms with E-state index in [1.165, 1.54) is 0 Å². The van der Waals surface area contributed by atoms with Crippen molar-refractivity contribution in [1.82, 2.24) is 0 Å². The van der Waals surface area contributed by atoms with Crippen LogP contribution in [0.15, 0.2) is 0 Å². The molecule has 0 aliphatic heterocycles. The van der Waals surface area contributed by atoms with Gasteiger partial charge in [-0.15, -0.1) is 11.6 Å². The molecule has 0 aromatic heterocycles. The minimum Gasteiger partial charge on any atom is -0.446 e. The van der Waals surface area contributed by atoms with Crippen LogP contribution in [-0.2, 0) is 9.53 Å². The molecule has 1 atom stereocenters. The molecule has 0 N–H and O–H groups in total.